The van der Waals surface area contributed by atoms with E-state index in [-0.39, 0.29) is 18.4 Å². The number of amides is 2. The number of hydrogen-bond acceptors (Lipinski definition) is 3. The smallest absolute Gasteiger partial charge is 0.228 e. The summed E-state index contributed by atoms with van der Waals surface area (Å²) in [6.45, 7) is 1.31. The molecule has 0 bridgehead atoms. The van der Waals surface area contributed by atoms with Crippen LogP contribution in [0.1, 0.15) is 25.7 Å². The third-order valence-electron chi connectivity index (χ3n) is 3.53. The summed E-state index contributed by atoms with van der Waals surface area (Å²) in [5, 5.41) is 3.32. The van der Waals surface area contributed by atoms with Crippen LogP contribution in [0.5, 0.6) is 0 Å². The van der Waals surface area contributed by atoms with Crippen LogP contribution >= 0.6 is 0 Å². The summed E-state index contributed by atoms with van der Waals surface area (Å²) in [6.07, 6.45) is 2.79. The predicted molar refractivity (Wildman–Crippen MR) is 78.2 cm³/mol. The maximum Gasteiger partial charge on any atom is 0.228 e. The summed E-state index contributed by atoms with van der Waals surface area (Å²) in [4.78, 5) is 25.1. The van der Waals surface area contributed by atoms with Crippen molar-refractivity contribution in [3.63, 3.8) is 0 Å². The van der Waals surface area contributed by atoms with Gasteiger partial charge in [0.05, 0.1) is 0 Å². The normalized spacial score (nSPS) is 17.9. The van der Waals surface area contributed by atoms with Gasteiger partial charge in [-0.2, -0.15) is 0 Å². The molecular formula is C15H21N3O2. The number of benzene rings is 1. The zero-order valence-corrected chi connectivity index (χ0v) is 11.5. The van der Waals surface area contributed by atoms with Crippen molar-refractivity contribution in [2.24, 2.45) is 5.73 Å². The standard InChI is InChI=1S/C15H21N3O2/c16-14(19)8-10-18(13-6-2-1-3-7-13)15(20)11-12-5-4-9-17-12/h1-3,6-7,12,17H,4-5,8-11H2,(H2,16,19). The van der Waals surface area contributed by atoms with Crippen molar-refractivity contribution in [1.82, 2.24) is 5.32 Å². The molecule has 1 saturated heterocycles. The Bertz CT molecular complexity index is 455. The fourth-order valence-electron chi connectivity index (χ4n) is 2.48. The summed E-state index contributed by atoms with van der Waals surface area (Å²) >= 11 is 0. The van der Waals surface area contributed by atoms with Gasteiger partial charge in [-0.1, -0.05) is 18.2 Å². The SMILES string of the molecule is NC(=O)CCN(C(=O)CC1CCCN1)c1ccccc1. The molecule has 1 heterocycles. The van der Waals surface area contributed by atoms with Crippen molar-refractivity contribution in [3.05, 3.63) is 30.3 Å². The van der Waals surface area contributed by atoms with Crippen LogP contribution in [0.15, 0.2) is 30.3 Å². The van der Waals surface area contributed by atoms with E-state index >= 15 is 0 Å². The van der Waals surface area contributed by atoms with Crippen molar-refractivity contribution in [2.45, 2.75) is 31.7 Å². The van der Waals surface area contributed by atoms with E-state index in [9.17, 15) is 9.59 Å². The Labute approximate surface area is 119 Å². The molecule has 1 aliphatic rings. The fourth-order valence-corrected chi connectivity index (χ4v) is 2.48. The van der Waals surface area contributed by atoms with Gasteiger partial charge < -0.3 is 16.0 Å². The number of nitrogens with zero attached hydrogens (tertiary/aromatic N) is 1. The van der Waals surface area contributed by atoms with E-state index in [0.717, 1.165) is 25.1 Å². The highest BCUT2D eigenvalue weighted by Crippen LogP contribution is 2.17. The lowest BCUT2D eigenvalue weighted by Gasteiger charge is -2.24. The van der Waals surface area contributed by atoms with Crippen LogP contribution in [0, 0.1) is 0 Å². The van der Waals surface area contributed by atoms with Crippen LogP contribution in [0.4, 0.5) is 5.69 Å². The van der Waals surface area contributed by atoms with Crippen LogP contribution in [-0.4, -0.2) is 30.9 Å². The van der Waals surface area contributed by atoms with Gasteiger partial charge in [-0.3, -0.25) is 9.59 Å². The van der Waals surface area contributed by atoms with Gasteiger partial charge in [0.25, 0.3) is 0 Å². The van der Waals surface area contributed by atoms with E-state index in [4.69, 9.17) is 5.73 Å². The fraction of sp³-hybridized carbons (Fsp3) is 0.467. The molecule has 2 amide bonds. The van der Waals surface area contributed by atoms with Crippen LogP contribution in [0.3, 0.4) is 0 Å². The van der Waals surface area contributed by atoms with Crippen LogP contribution in [0.25, 0.3) is 0 Å². The summed E-state index contributed by atoms with van der Waals surface area (Å²) < 4.78 is 0. The Balaban J connectivity index is 2.04. The maximum atomic E-state index is 12.4. The first kappa shape index (κ1) is 14.5. The second-order valence-electron chi connectivity index (χ2n) is 5.09. The van der Waals surface area contributed by atoms with Gasteiger partial charge in [-0.15, -0.1) is 0 Å². The highest BCUT2D eigenvalue weighted by Gasteiger charge is 2.22. The van der Waals surface area contributed by atoms with Gasteiger partial charge >= 0.3 is 0 Å². The number of carbonyl (C=O) groups excluding carboxylic acids is 2. The molecule has 1 unspecified atom stereocenters. The Morgan fingerprint density at radius 3 is 2.65 bits per heavy atom. The highest BCUT2D eigenvalue weighted by molar-refractivity contribution is 5.94. The molecule has 20 heavy (non-hydrogen) atoms. The molecule has 5 heteroatoms. The summed E-state index contributed by atoms with van der Waals surface area (Å²) in [6, 6.07) is 9.67. The van der Waals surface area contributed by atoms with Gasteiger partial charge in [0.2, 0.25) is 11.8 Å². The topological polar surface area (TPSA) is 75.4 Å². The molecule has 1 atom stereocenters. The third kappa shape index (κ3) is 4.06. The predicted octanol–water partition coefficient (Wildman–Crippen LogP) is 1.04. The Kier molecular flexibility index (Phi) is 5.12. The van der Waals surface area contributed by atoms with Crippen LogP contribution < -0.4 is 16.0 Å². The monoisotopic (exact) mass is 275 g/mol. The molecule has 3 N–H and O–H groups in total. The molecule has 0 saturated carbocycles. The van der Waals surface area contributed by atoms with Crippen molar-refractivity contribution >= 4 is 17.5 Å². The molecule has 2 rings (SSSR count). The molecule has 0 radical (unpaired) electrons. The lowest BCUT2D eigenvalue weighted by atomic mass is 10.1. The Hall–Kier alpha value is -1.88. The van der Waals surface area contributed by atoms with Gasteiger partial charge in [0, 0.05) is 31.1 Å². The lowest BCUT2D eigenvalue weighted by Crippen LogP contribution is -2.37. The Morgan fingerprint density at radius 2 is 2.05 bits per heavy atom. The highest BCUT2D eigenvalue weighted by atomic mass is 16.2. The number of para-hydroxylation sites is 1. The number of rotatable bonds is 6. The second kappa shape index (κ2) is 7.05. The average molecular weight is 275 g/mol. The van der Waals surface area contributed by atoms with Gasteiger partial charge in [-0.25, -0.2) is 0 Å². The summed E-state index contributed by atoms with van der Waals surface area (Å²) in [7, 11) is 0. The molecule has 0 aliphatic carbocycles. The number of hydrogen-bond donors (Lipinski definition) is 2. The van der Waals surface area contributed by atoms with Gasteiger partial charge in [0.15, 0.2) is 0 Å². The van der Waals surface area contributed by atoms with Gasteiger partial charge in [-0.05, 0) is 31.5 Å². The number of nitrogens with one attached hydrogen (secondary N) is 1. The van der Waals surface area contributed by atoms with Gasteiger partial charge in [0.1, 0.15) is 0 Å². The molecule has 5 nitrogen and oxygen atoms in total. The molecule has 1 aromatic rings. The number of primary amides is 1. The lowest BCUT2D eigenvalue weighted by molar-refractivity contribution is -0.119. The minimum absolute atomic E-state index is 0.0388. The minimum atomic E-state index is -0.391. The maximum absolute atomic E-state index is 12.4. The number of nitrogens with two attached hydrogens (primary N) is 1. The van der Waals surface area contributed by atoms with Crippen molar-refractivity contribution < 1.29 is 9.59 Å². The van der Waals surface area contributed by atoms with E-state index in [2.05, 4.69) is 5.32 Å². The van der Waals surface area contributed by atoms with E-state index in [0.29, 0.717) is 13.0 Å². The number of anilines is 1. The zero-order chi connectivity index (χ0) is 14.4. The van der Waals surface area contributed by atoms with Crippen LogP contribution in [0.2, 0.25) is 0 Å². The molecular weight excluding hydrogens is 254 g/mol. The molecule has 1 aromatic carbocycles. The Morgan fingerprint density at radius 1 is 1.30 bits per heavy atom. The van der Waals surface area contributed by atoms with Crippen molar-refractivity contribution in [2.75, 3.05) is 18.0 Å². The third-order valence-corrected chi connectivity index (χ3v) is 3.53. The molecule has 1 fully saturated rings. The molecule has 108 valence electrons. The number of carbonyl (C=O) groups is 2. The molecule has 0 aromatic heterocycles. The van der Waals surface area contributed by atoms with E-state index in [1.54, 1.807) is 4.90 Å². The zero-order valence-electron chi connectivity index (χ0n) is 11.5. The van der Waals surface area contributed by atoms with Crippen molar-refractivity contribution in [1.29, 1.82) is 0 Å². The first-order valence-electron chi connectivity index (χ1n) is 7.04. The van der Waals surface area contributed by atoms with E-state index < -0.39 is 5.91 Å². The second-order valence-corrected chi connectivity index (χ2v) is 5.09. The minimum Gasteiger partial charge on any atom is -0.370 e. The largest absolute Gasteiger partial charge is 0.370 e. The first-order valence-corrected chi connectivity index (χ1v) is 7.04. The summed E-state index contributed by atoms with van der Waals surface area (Å²) in [5.74, 6) is -0.352. The summed E-state index contributed by atoms with van der Waals surface area (Å²) in [5.41, 5.74) is 6.01. The van der Waals surface area contributed by atoms with Crippen molar-refractivity contribution in [3.8, 4) is 0 Å². The quantitative estimate of drug-likeness (QED) is 0.814. The molecule has 0 spiro atoms. The van der Waals surface area contributed by atoms with Crippen LogP contribution in [-0.2, 0) is 9.59 Å². The van der Waals surface area contributed by atoms with E-state index in [1.807, 2.05) is 30.3 Å². The first-order chi connectivity index (χ1) is 9.66. The van der Waals surface area contributed by atoms with E-state index in [1.165, 1.54) is 0 Å². The molecule has 1 aliphatic heterocycles. The average Bonchev–Trinajstić information content (AvgIpc) is 2.92.